The first kappa shape index (κ1) is 23.8. The summed E-state index contributed by atoms with van der Waals surface area (Å²) in [4.78, 5) is 16.9. The third kappa shape index (κ3) is 6.12. The van der Waals surface area contributed by atoms with Gasteiger partial charge in [0.1, 0.15) is 6.26 Å². The molecule has 0 aliphatic heterocycles. The molecule has 0 radical (unpaired) electrons. The summed E-state index contributed by atoms with van der Waals surface area (Å²) >= 11 is 0. The van der Waals surface area contributed by atoms with E-state index in [1.807, 2.05) is 0 Å². The maximum absolute atomic E-state index is 12.7. The van der Waals surface area contributed by atoms with Crippen LogP contribution in [0.2, 0.25) is 0 Å². The van der Waals surface area contributed by atoms with Gasteiger partial charge in [-0.25, -0.2) is 4.98 Å². The van der Waals surface area contributed by atoms with Crippen LogP contribution in [0.25, 0.3) is 11.5 Å². The zero-order chi connectivity index (χ0) is 24.0. The van der Waals surface area contributed by atoms with Gasteiger partial charge in [-0.3, -0.25) is 4.79 Å². The Hall–Kier alpha value is -3.82. The minimum atomic E-state index is -2.99. The van der Waals surface area contributed by atoms with Gasteiger partial charge in [-0.2, -0.15) is 8.78 Å². The lowest BCUT2D eigenvalue weighted by molar-refractivity contribution is -0.0518. The number of hydrogen-bond acceptors (Lipinski definition) is 7. The predicted octanol–water partition coefficient (Wildman–Crippen LogP) is 4.76. The summed E-state index contributed by atoms with van der Waals surface area (Å²) in [6, 6.07) is 8.86. The third-order valence-electron chi connectivity index (χ3n) is 4.28. The fraction of sp³-hybridized carbons (Fsp3) is 0.304. The monoisotopic (exact) mass is 462 g/mol. The maximum Gasteiger partial charge on any atom is 0.387 e. The summed E-state index contributed by atoms with van der Waals surface area (Å²) in [5.74, 6) is -0.251. The molecular weight excluding hydrogens is 438 g/mol. The highest BCUT2D eigenvalue weighted by Gasteiger charge is 2.18. The van der Waals surface area contributed by atoms with Crippen LogP contribution in [0.4, 0.5) is 8.78 Å². The Morgan fingerprint density at radius 1 is 1.18 bits per heavy atom. The Balaban J connectivity index is 1.74. The van der Waals surface area contributed by atoms with Crippen molar-refractivity contribution >= 4 is 5.91 Å². The summed E-state index contributed by atoms with van der Waals surface area (Å²) in [6.07, 6.45) is 1.10. The fourth-order valence-corrected chi connectivity index (χ4v) is 2.97. The largest absolute Gasteiger partial charge is 0.504 e. The smallest absolute Gasteiger partial charge is 0.387 e. The number of hydrogen-bond donors (Lipinski definition) is 2. The van der Waals surface area contributed by atoms with Crippen molar-refractivity contribution in [2.45, 2.75) is 40.0 Å². The van der Waals surface area contributed by atoms with E-state index in [4.69, 9.17) is 13.9 Å². The van der Waals surface area contributed by atoms with Crippen LogP contribution in [-0.2, 0) is 6.54 Å². The molecular formula is C23H24F2N2O6. The predicted molar refractivity (Wildman–Crippen MR) is 115 cm³/mol. The van der Waals surface area contributed by atoms with Crippen LogP contribution in [0.1, 0.15) is 36.8 Å². The Morgan fingerprint density at radius 2 is 1.97 bits per heavy atom. The van der Waals surface area contributed by atoms with Crippen molar-refractivity contribution in [3.8, 4) is 34.5 Å². The van der Waals surface area contributed by atoms with Gasteiger partial charge in [0.2, 0.25) is 5.89 Å². The highest BCUT2D eigenvalue weighted by Crippen LogP contribution is 2.34. The molecule has 3 rings (SSSR count). The molecule has 0 aliphatic rings. The number of alkyl halides is 2. The number of amides is 1. The lowest BCUT2D eigenvalue weighted by Crippen LogP contribution is -2.23. The summed E-state index contributed by atoms with van der Waals surface area (Å²) in [5, 5.41) is 12.6. The molecule has 3 aromatic rings. The van der Waals surface area contributed by atoms with Gasteiger partial charge in [0.25, 0.3) is 5.91 Å². The number of aromatic nitrogens is 1. The van der Waals surface area contributed by atoms with Gasteiger partial charge >= 0.3 is 6.61 Å². The van der Waals surface area contributed by atoms with Gasteiger partial charge in [0, 0.05) is 5.56 Å². The lowest BCUT2D eigenvalue weighted by atomic mass is 10.1. The third-order valence-corrected chi connectivity index (χ3v) is 4.28. The summed E-state index contributed by atoms with van der Waals surface area (Å²) in [7, 11) is 0. The van der Waals surface area contributed by atoms with E-state index in [0.29, 0.717) is 11.3 Å². The van der Waals surface area contributed by atoms with Crippen molar-refractivity contribution in [2.75, 3.05) is 6.61 Å². The van der Waals surface area contributed by atoms with Crippen LogP contribution in [0.3, 0.4) is 0 Å². The van der Waals surface area contributed by atoms with Crippen molar-refractivity contribution in [1.29, 1.82) is 0 Å². The second-order valence-electron chi connectivity index (χ2n) is 7.12. The number of benzene rings is 2. The van der Waals surface area contributed by atoms with Crippen molar-refractivity contribution in [3.05, 3.63) is 53.9 Å². The molecule has 0 bridgehead atoms. The van der Waals surface area contributed by atoms with Gasteiger partial charge in [0.15, 0.2) is 23.0 Å². The average Bonchev–Trinajstić information content (AvgIpc) is 3.23. The van der Waals surface area contributed by atoms with Gasteiger partial charge in [0.05, 0.1) is 30.5 Å². The molecule has 1 amide bonds. The zero-order valence-electron chi connectivity index (χ0n) is 18.3. The van der Waals surface area contributed by atoms with Gasteiger partial charge in [-0.1, -0.05) is 6.07 Å². The normalized spacial score (nSPS) is 11.0. The highest BCUT2D eigenvalue weighted by molar-refractivity contribution is 5.97. The quantitative estimate of drug-likeness (QED) is 0.448. The van der Waals surface area contributed by atoms with Crippen molar-refractivity contribution in [2.24, 2.45) is 0 Å². The number of carbonyl (C=O) groups is 1. The molecule has 0 aliphatic carbocycles. The molecule has 0 saturated heterocycles. The SMILES string of the molecule is CCOc1c(O)cccc1C(=O)NCc1coc(-c2ccc(OC(F)F)c(OC(C)C)c2)n1. The molecule has 2 aromatic carbocycles. The molecule has 33 heavy (non-hydrogen) atoms. The number of aromatic hydroxyl groups is 1. The number of nitrogens with one attached hydrogen (secondary N) is 1. The van der Waals surface area contributed by atoms with E-state index in [9.17, 15) is 18.7 Å². The minimum absolute atomic E-state index is 0.0471. The van der Waals surface area contributed by atoms with E-state index in [0.717, 1.165) is 0 Å². The zero-order valence-corrected chi connectivity index (χ0v) is 18.3. The molecule has 0 unspecified atom stereocenters. The van der Waals surface area contributed by atoms with E-state index >= 15 is 0 Å². The molecule has 0 fully saturated rings. The maximum atomic E-state index is 12.7. The van der Waals surface area contributed by atoms with Crippen LogP contribution in [0.15, 0.2) is 47.1 Å². The first-order valence-corrected chi connectivity index (χ1v) is 10.2. The minimum Gasteiger partial charge on any atom is -0.504 e. The Kier molecular flexibility index (Phi) is 7.70. The van der Waals surface area contributed by atoms with E-state index in [1.54, 1.807) is 26.8 Å². The van der Waals surface area contributed by atoms with Gasteiger partial charge in [-0.05, 0) is 51.1 Å². The van der Waals surface area contributed by atoms with Crippen LogP contribution >= 0.6 is 0 Å². The number of ether oxygens (including phenoxy) is 3. The van der Waals surface area contributed by atoms with Crippen LogP contribution in [0.5, 0.6) is 23.0 Å². The number of phenols is 1. The van der Waals surface area contributed by atoms with E-state index in [2.05, 4.69) is 15.0 Å². The molecule has 10 heteroatoms. The molecule has 1 heterocycles. The van der Waals surface area contributed by atoms with Crippen molar-refractivity contribution in [3.63, 3.8) is 0 Å². The Bertz CT molecular complexity index is 1100. The van der Waals surface area contributed by atoms with E-state index in [1.165, 1.54) is 36.6 Å². The van der Waals surface area contributed by atoms with E-state index in [-0.39, 0.29) is 53.7 Å². The number of phenolic OH excluding ortho intramolecular Hbond substituents is 1. The number of carbonyl (C=O) groups excluding carboxylic acids is 1. The number of nitrogens with zero attached hydrogens (tertiary/aromatic N) is 1. The van der Waals surface area contributed by atoms with Crippen LogP contribution in [-0.4, -0.2) is 35.3 Å². The molecule has 0 saturated carbocycles. The molecule has 8 nitrogen and oxygen atoms in total. The second kappa shape index (κ2) is 10.7. The average molecular weight is 462 g/mol. The topological polar surface area (TPSA) is 103 Å². The molecule has 176 valence electrons. The van der Waals surface area contributed by atoms with Gasteiger partial charge in [-0.15, -0.1) is 0 Å². The first-order chi connectivity index (χ1) is 15.8. The lowest BCUT2D eigenvalue weighted by Gasteiger charge is -2.15. The molecule has 0 spiro atoms. The Labute approximate surface area is 189 Å². The Morgan fingerprint density at radius 3 is 2.67 bits per heavy atom. The highest BCUT2D eigenvalue weighted by atomic mass is 19.3. The van der Waals surface area contributed by atoms with Crippen molar-refractivity contribution in [1.82, 2.24) is 10.3 Å². The second-order valence-corrected chi connectivity index (χ2v) is 7.12. The summed E-state index contributed by atoms with van der Waals surface area (Å²) < 4.78 is 46.2. The van der Waals surface area contributed by atoms with Crippen LogP contribution < -0.4 is 19.5 Å². The van der Waals surface area contributed by atoms with Crippen LogP contribution in [0, 0.1) is 0 Å². The molecule has 2 N–H and O–H groups in total. The summed E-state index contributed by atoms with van der Waals surface area (Å²) in [6.45, 7) is 2.61. The fourth-order valence-electron chi connectivity index (χ4n) is 2.97. The van der Waals surface area contributed by atoms with Gasteiger partial charge < -0.3 is 29.1 Å². The number of halogens is 2. The number of oxazole rings is 1. The first-order valence-electron chi connectivity index (χ1n) is 10.2. The number of rotatable bonds is 10. The van der Waals surface area contributed by atoms with Crippen molar-refractivity contribution < 1.29 is 37.3 Å². The molecule has 0 atom stereocenters. The summed E-state index contributed by atoms with van der Waals surface area (Å²) in [5.41, 5.74) is 1.10. The molecule has 1 aromatic heterocycles. The standard InChI is InChI=1S/C23H24F2N2O6/c1-4-30-20-16(6-5-7-17(20)28)21(29)26-11-15-12-31-22(27-15)14-8-9-18(33-23(24)25)19(10-14)32-13(2)3/h5-10,12-13,23,28H,4,11H2,1-3H3,(H,26,29). The number of para-hydroxylation sites is 1. The van der Waals surface area contributed by atoms with E-state index < -0.39 is 12.5 Å².